The fraction of sp³-hybridized carbons (Fsp3) is 1.00. The predicted octanol–water partition coefficient (Wildman–Crippen LogP) is 3.79. The van der Waals surface area contributed by atoms with Gasteiger partial charge in [-0.15, -0.1) is 0 Å². The molecular formula is C18H34N2. The van der Waals surface area contributed by atoms with Gasteiger partial charge in [-0.25, -0.2) is 0 Å². The molecule has 2 atom stereocenters. The number of hydrogen-bond acceptors (Lipinski definition) is 2. The summed E-state index contributed by atoms with van der Waals surface area (Å²) in [5.41, 5.74) is 6.71. The zero-order valence-electron chi connectivity index (χ0n) is 13.8. The van der Waals surface area contributed by atoms with E-state index in [1.165, 1.54) is 57.9 Å². The second-order valence-corrected chi connectivity index (χ2v) is 8.90. The van der Waals surface area contributed by atoms with E-state index < -0.39 is 0 Å². The van der Waals surface area contributed by atoms with Gasteiger partial charge in [-0.2, -0.15) is 0 Å². The second kappa shape index (κ2) is 5.61. The molecule has 116 valence electrons. The average molecular weight is 278 g/mol. The Morgan fingerprint density at radius 1 is 0.900 bits per heavy atom. The van der Waals surface area contributed by atoms with Crippen molar-refractivity contribution in [2.24, 2.45) is 23.0 Å². The lowest BCUT2D eigenvalue weighted by Gasteiger charge is -2.42. The van der Waals surface area contributed by atoms with E-state index in [1.807, 2.05) is 0 Å². The first kappa shape index (κ1) is 14.8. The number of nitrogens with two attached hydrogens (primary N) is 1. The molecule has 2 nitrogen and oxygen atoms in total. The third-order valence-corrected chi connectivity index (χ3v) is 6.46. The van der Waals surface area contributed by atoms with Crippen LogP contribution in [0.5, 0.6) is 0 Å². The summed E-state index contributed by atoms with van der Waals surface area (Å²) >= 11 is 0. The molecule has 3 fully saturated rings. The molecule has 0 aromatic heterocycles. The standard InChI is InChI=1S/C18H34N2/c1-18(2,3)14-6-4-13(5-7-14)12-20-16-8-9-17(20)11-15(19)10-16/h13-17H,4-12,19H2,1-3H3. The highest BCUT2D eigenvalue weighted by atomic mass is 15.2. The van der Waals surface area contributed by atoms with Crippen LogP contribution in [-0.4, -0.2) is 29.6 Å². The molecule has 1 aliphatic carbocycles. The largest absolute Gasteiger partial charge is 0.328 e. The summed E-state index contributed by atoms with van der Waals surface area (Å²) in [6, 6.07) is 2.13. The van der Waals surface area contributed by atoms with Crippen LogP contribution in [0.25, 0.3) is 0 Å². The Balaban J connectivity index is 1.51. The number of rotatable bonds is 2. The lowest BCUT2D eigenvalue weighted by atomic mass is 9.69. The second-order valence-electron chi connectivity index (χ2n) is 8.90. The molecule has 2 unspecified atom stereocenters. The molecular weight excluding hydrogens is 244 g/mol. The van der Waals surface area contributed by atoms with Crippen molar-refractivity contribution in [2.45, 2.75) is 90.3 Å². The summed E-state index contributed by atoms with van der Waals surface area (Å²) in [5, 5.41) is 0. The number of fused-ring (bicyclic) bond motifs is 2. The monoisotopic (exact) mass is 278 g/mol. The van der Waals surface area contributed by atoms with Gasteiger partial charge in [0.05, 0.1) is 0 Å². The van der Waals surface area contributed by atoms with E-state index in [2.05, 4.69) is 25.7 Å². The minimum absolute atomic E-state index is 0.486. The van der Waals surface area contributed by atoms with E-state index in [0.29, 0.717) is 11.5 Å². The zero-order chi connectivity index (χ0) is 14.3. The maximum absolute atomic E-state index is 6.19. The number of nitrogens with zero attached hydrogens (tertiary/aromatic N) is 1. The molecule has 0 spiro atoms. The molecule has 2 saturated heterocycles. The molecule has 3 rings (SSSR count). The van der Waals surface area contributed by atoms with E-state index >= 15 is 0 Å². The highest BCUT2D eigenvalue weighted by Gasteiger charge is 2.41. The summed E-state index contributed by atoms with van der Waals surface area (Å²) in [6.07, 6.45) is 11.2. The van der Waals surface area contributed by atoms with Gasteiger partial charge in [0.15, 0.2) is 0 Å². The first-order chi connectivity index (χ1) is 9.43. The molecule has 2 heteroatoms. The molecule has 2 bridgehead atoms. The van der Waals surface area contributed by atoms with Crippen LogP contribution in [0, 0.1) is 17.3 Å². The molecule has 0 amide bonds. The quantitative estimate of drug-likeness (QED) is 0.832. The Kier molecular flexibility index (Phi) is 4.16. The summed E-state index contributed by atoms with van der Waals surface area (Å²) in [6.45, 7) is 8.64. The lowest BCUT2D eigenvalue weighted by Crippen LogP contribution is -2.49. The van der Waals surface area contributed by atoms with Crippen molar-refractivity contribution in [3.8, 4) is 0 Å². The molecule has 0 aromatic carbocycles. The van der Waals surface area contributed by atoms with Gasteiger partial charge in [-0.1, -0.05) is 20.8 Å². The third kappa shape index (κ3) is 3.06. The van der Waals surface area contributed by atoms with E-state index in [0.717, 1.165) is 23.9 Å². The molecule has 0 radical (unpaired) electrons. The summed E-state index contributed by atoms with van der Waals surface area (Å²) in [7, 11) is 0. The van der Waals surface area contributed by atoms with E-state index in [-0.39, 0.29) is 0 Å². The topological polar surface area (TPSA) is 29.3 Å². The minimum atomic E-state index is 0.486. The van der Waals surface area contributed by atoms with Gasteiger partial charge in [0, 0.05) is 24.7 Å². The summed E-state index contributed by atoms with van der Waals surface area (Å²) in [5.74, 6) is 1.91. The molecule has 3 aliphatic rings. The van der Waals surface area contributed by atoms with Crippen LogP contribution >= 0.6 is 0 Å². The first-order valence-electron chi connectivity index (χ1n) is 8.95. The van der Waals surface area contributed by atoms with Crippen molar-refractivity contribution >= 4 is 0 Å². The summed E-state index contributed by atoms with van der Waals surface area (Å²) in [4.78, 5) is 2.85. The van der Waals surface area contributed by atoms with Crippen molar-refractivity contribution < 1.29 is 0 Å². The van der Waals surface area contributed by atoms with Crippen molar-refractivity contribution in [3.05, 3.63) is 0 Å². The Morgan fingerprint density at radius 3 is 1.95 bits per heavy atom. The first-order valence-corrected chi connectivity index (χ1v) is 8.95. The Labute approximate surface area is 125 Å². The Hall–Kier alpha value is -0.0800. The fourth-order valence-corrected chi connectivity index (χ4v) is 5.12. The van der Waals surface area contributed by atoms with Gasteiger partial charge >= 0.3 is 0 Å². The van der Waals surface area contributed by atoms with E-state index in [9.17, 15) is 0 Å². The van der Waals surface area contributed by atoms with E-state index in [4.69, 9.17) is 5.73 Å². The van der Waals surface area contributed by atoms with Crippen molar-refractivity contribution in [2.75, 3.05) is 6.54 Å². The third-order valence-electron chi connectivity index (χ3n) is 6.46. The summed E-state index contributed by atoms with van der Waals surface area (Å²) < 4.78 is 0. The van der Waals surface area contributed by atoms with Gasteiger partial charge < -0.3 is 5.73 Å². The van der Waals surface area contributed by atoms with Crippen LogP contribution in [0.2, 0.25) is 0 Å². The predicted molar refractivity (Wildman–Crippen MR) is 85.6 cm³/mol. The fourth-order valence-electron chi connectivity index (χ4n) is 5.12. The zero-order valence-corrected chi connectivity index (χ0v) is 13.8. The molecule has 2 N–H and O–H groups in total. The van der Waals surface area contributed by atoms with Crippen molar-refractivity contribution in [3.63, 3.8) is 0 Å². The van der Waals surface area contributed by atoms with Crippen LogP contribution in [-0.2, 0) is 0 Å². The van der Waals surface area contributed by atoms with Gasteiger partial charge in [0.1, 0.15) is 0 Å². The smallest absolute Gasteiger partial charge is 0.0114 e. The van der Waals surface area contributed by atoms with Gasteiger partial charge in [-0.3, -0.25) is 4.90 Å². The van der Waals surface area contributed by atoms with E-state index in [1.54, 1.807) is 0 Å². The normalized spacial score (nSPS) is 42.9. The molecule has 2 aliphatic heterocycles. The van der Waals surface area contributed by atoms with Gasteiger partial charge in [-0.05, 0) is 68.6 Å². The number of hydrogen-bond donors (Lipinski definition) is 1. The Morgan fingerprint density at radius 2 is 1.45 bits per heavy atom. The molecule has 0 aromatic rings. The van der Waals surface area contributed by atoms with Crippen LogP contribution in [0.4, 0.5) is 0 Å². The maximum Gasteiger partial charge on any atom is 0.0114 e. The van der Waals surface area contributed by atoms with Crippen molar-refractivity contribution in [1.29, 1.82) is 0 Å². The molecule has 2 heterocycles. The molecule has 20 heavy (non-hydrogen) atoms. The maximum atomic E-state index is 6.19. The van der Waals surface area contributed by atoms with Gasteiger partial charge in [0.25, 0.3) is 0 Å². The minimum Gasteiger partial charge on any atom is -0.328 e. The van der Waals surface area contributed by atoms with Crippen LogP contribution < -0.4 is 5.73 Å². The Bertz CT molecular complexity index is 311. The van der Waals surface area contributed by atoms with Gasteiger partial charge in [0.2, 0.25) is 0 Å². The van der Waals surface area contributed by atoms with Crippen molar-refractivity contribution in [1.82, 2.24) is 4.90 Å². The van der Waals surface area contributed by atoms with Crippen LogP contribution in [0.15, 0.2) is 0 Å². The highest BCUT2D eigenvalue weighted by molar-refractivity contribution is 4.97. The SMILES string of the molecule is CC(C)(C)C1CCC(CN2C3CCC2CC(N)C3)CC1. The molecule has 1 saturated carbocycles. The van der Waals surface area contributed by atoms with Crippen LogP contribution in [0.1, 0.15) is 72.1 Å². The number of piperidine rings is 1. The lowest BCUT2D eigenvalue weighted by molar-refractivity contribution is 0.0765. The van der Waals surface area contributed by atoms with Crippen LogP contribution in [0.3, 0.4) is 0 Å². The highest BCUT2D eigenvalue weighted by Crippen LogP contribution is 2.42. The average Bonchev–Trinajstić information content (AvgIpc) is 2.62.